The molecule has 13 heteroatoms. The molecule has 3 aliphatic carbocycles. The second-order valence-electron chi connectivity index (χ2n) is 17.8. The number of aromatic nitrogens is 2. The molecule has 0 radical (unpaired) electrons. The lowest BCUT2D eigenvalue weighted by Gasteiger charge is -2.64. The molecular weight excluding hydrogens is 651 g/mol. The van der Waals surface area contributed by atoms with Gasteiger partial charge in [-0.25, -0.2) is 14.6 Å². The molecule has 3 heterocycles. The Labute approximate surface area is 302 Å². The molecule has 51 heavy (non-hydrogen) atoms. The van der Waals surface area contributed by atoms with Gasteiger partial charge < -0.3 is 38.7 Å². The molecule has 5 aliphatic rings. The van der Waals surface area contributed by atoms with Crippen LogP contribution in [0.3, 0.4) is 0 Å². The van der Waals surface area contributed by atoms with Gasteiger partial charge in [0.2, 0.25) is 0 Å². The van der Waals surface area contributed by atoms with Crippen LogP contribution in [0.1, 0.15) is 109 Å². The number of carbonyl (C=O) groups excluding carboxylic acids is 3. The minimum absolute atomic E-state index is 0.118. The molecule has 2 saturated heterocycles. The first-order valence-corrected chi connectivity index (χ1v) is 18.3. The van der Waals surface area contributed by atoms with Crippen LogP contribution < -0.4 is 10.1 Å². The highest BCUT2D eigenvalue weighted by Crippen LogP contribution is 2.65. The number of H-pyrrole nitrogens is 1. The van der Waals surface area contributed by atoms with Gasteiger partial charge in [0.15, 0.2) is 5.54 Å². The maximum Gasteiger partial charge on any atom is 0.457 e. The number of amides is 2. The topological polar surface area (TPSA) is 141 Å². The molecule has 1 unspecified atom stereocenters. The van der Waals surface area contributed by atoms with Gasteiger partial charge in [-0.2, -0.15) is 0 Å². The molecule has 1 aromatic heterocycles. The summed E-state index contributed by atoms with van der Waals surface area (Å²) in [6, 6.07) is 3.81. The minimum Gasteiger partial charge on any atom is -0.486 e. The highest BCUT2D eigenvalue weighted by Gasteiger charge is 2.67. The lowest BCUT2D eigenvalue weighted by molar-refractivity contribution is -0.199. The summed E-state index contributed by atoms with van der Waals surface area (Å²) in [6.45, 7) is 21.8. The van der Waals surface area contributed by atoms with E-state index in [1.165, 1.54) is 18.9 Å². The number of aromatic amines is 1. The molecule has 2 bridgehead atoms. The number of benzene rings is 1. The van der Waals surface area contributed by atoms with Crippen LogP contribution in [0, 0.1) is 24.2 Å². The van der Waals surface area contributed by atoms with Gasteiger partial charge in [0.05, 0.1) is 43.0 Å². The maximum absolute atomic E-state index is 13.9. The molecule has 5 fully saturated rings. The van der Waals surface area contributed by atoms with E-state index in [2.05, 4.69) is 36.1 Å². The monoisotopic (exact) mass is 706 g/mol. The van der Waals surface area contributed by atoms with Crippen molar-refractivity contribution < 1.29 is 37.9 Å². The van der Waals surface area contributed by atoms with E-state index in [1.54, 1.807) is 32.6 Å². The van der Waals surface area contributed by atoms with Crippen LogP contribution in [0.15, 0.2) is 24.7 Å². The third kappa shape index (κ3) is 7.12. The van der Waals surface area contributed by atoms with E-state index in [0.29, 0.717) is 41.6 Å². The summed E-state index contributed by atoms with van der Waals surface area (Å²) >= 11 is 0. The fourth-order valence-electron chi connectivity index (χ4n) is 8.48. The Kier molecular flexibility index (Phi) is 9.35. The second kappa shape index (κ2) is 12.8. The third-order valence-electron chi connectivity index (χ3n) is 11.4. The zero-order valence-corrected chi connectivity index (χ0v) is 32.1. The number of esters is 1. The normalized spacial score (nSPS) is 26.7. The van der Waals surface area contributed by atoms with Crippen LogP contribution in [0.2, 0.25) is 6.32 Å². The quantitative estimate of drug-likeness (QED) is 0.238. The summed E-state index contributed by atoms with van der Waals surface area (Å²) < 4.78 is 30.8. The van der Waals surface area contributed by atoms with Crippen LogP contribution in [-0.4, -0.2) is 82.1 Å². The largest absolute Gasteiger partial charge is 0.486 e. The van der Waals surface area contributed by atoms with Crippen molar-refractivity contribution in [3.63, 3.8) is 0 Å². The van der Waals surface area contributed by atoms with Gasteiger partial charge in [-0.15, -0.1) is 0 Å². The number of hydrogen-bond donors (Lipinski definition) is 2. The number of nitrogens with zero attached hydrogens (tertiary/aromatic N) is 2. The van der Waals surface area contributed by atoms with Crippen LogP contribution in [-0.2, 0) is 35.5 Å². The molecule has 5 atom stereocenters. The van der Waals surface area contributed by atoms with E-state index < -0.39 is 28.8 Å². The zero-order chi connectivity index (χ0) is 37.3. The van der Waals surface area contributed by atoms with Gasteiger partial charge in [0, 0.05) is 0 Å². The number of aryl methyl sites for hydroxylation is 1. The van der Waals surface area contributed by atoms with E-state index in [4.69, 9.17) is 23.5 Å². The predicted molar refractivity (Wildman–Crippen MR) is 191 cm³/mol. The summed E-state index contributed by atoms with van der Waals surface area (Å²) in [7, 11) is -0.300. The van der Waals surface area contributed by atoms with Crippen LogP contribution in [0.5, 0.6) is 5.75 Å². The smallest absolute Gasteiger partial charge is 0.457 e. The van der Waals surface area contributed by atoms with Crippen LogP contribution in [0.25, 0.3) is 0 Å². The predicted octanol–water partition coefficient (Wildman–Crippen LogP) is 5.97. The highest BCUT2D eigenvalue weighted by atomic mass is 16.7. The standard InChI is InChI=1S/C38H55BN4O8/c1-22-23(14-15-39-50-29-17-24-16-27(36(24,8)9)38(29,11)51-39)12-13-26(30(22)31(44)48-34(2,3)4)47-25-19-43(20-25)32(45)37(10,28-18-40-21-41-28)42-33(46)49-35(5,6)7/h12-13,18,21,24-25,27,29H,14-17,19-20H2,1-11H3,(H,40,41)(H,42,46)/t24-,27-,29+,37?,38-/m0/s1. The number of rotatable bonds is 9. The molecule has 2 aromatic rings. The Bertz CT molecular complexity index is 1660. The molecule has 0 spiro atoms. The zero-order valence-electron chi connectivity index (χ0n) is 32.1. The number of hydrogen-bond acceptors (Lipinski definition) is 9. The Hall–Kier alpha value is -3.58. The Morgan fingerprint density at radius 3 is 2.33 bits per heavy atom. The number of nitrogens with one attached hydrogen (secondary N) is 2. The molecule has 2 aliphatic heterocycles. The third-order valence-corrected chi connectivity index (χ3v) is 11.4. The van der Waals surface area contributed by atoms with Gasteiger partial charge in [0.1, 0.15) is 28.6 Å². The Morgan fingerprint density at radius 1 is 1.04 bits per heavy atom. The van der Waals surface area contributed by atoms with Gasteiger partial charge in [-0.1, -0.05) is 19.9 Å². The van der Waals surface area contributed by atoms with Crippen molar-refractivity contribution in [2.45, 2.75) is 136 Å². The molecule has 12 nitrogen and oxygen atoms in total. The van der Waals surface area contributed by atoms with Crippen molar-refractivity contribution in [2.24, 2.45) is 17.3 Å². The number of imidazole rings is 1. The summed E-state index contributed by atoms with van der Waals surface area (Å²) in [5.41, 5.74) is -0.329. The molecule has 2 N–H and O–H groups in total. The van der Waals surface area contributed by atoms with Crippen LogP contribution in [0.4, 0.5) is 4.79 Å². The van der Waals surface area contributed by atoms with Gasteiger partial charge in [-0.3, -0.25) is 4.79 Å². The summed E-state index contributed by atoms with van der Waals surface area (Å²) in [4.78, 5) is 48.9. The SMILES string of the molecule is Cc1c(CCB2O[C@@H]3C[C@@H]4C[C@@H](C4(C)C)[C@]3(C)O2)ccc(OC2CN(C(=O)C(C)(NC(=O)OC(C)(C)C)c3cnc[nH]3)C2)c1C(=O)OC(C)(C)C. The molecule has 3 saturated carbocycles. The average molecular weight is 707 g/mol. The summed E-state index contributed by atoms with van der Waals surface area (Å²) in [6.07, 6.45) is 5.54. The fraction of sp³-hybridized carbons (Fsp3) is 0.684. The highest BCUT2D eigenvalue weighted by molar-refractivity contribution is 6.45. The lowest BCUT2D eigenvalue weighted by Crippen LogP contribution is -2.65. The molecule has 278 valence electrons. The Morgan fingerprint density at radius 2 is 1.73 bits per heavy atom. The molecule has 7 rings (SSSR count). The van der Waals surface area contributed by atoms with E-state index >= 15 is 0 Å². The van der Waals surface area contributed by atoms with E-state index in [0.717, 1.165) is 17.5 Å². The number of likely N-dealkylation sites (tertiary alicyclic amines) is 1. The van der Waals surface area contributed by atoms with Crippen molar-refractivity contribution in [3.05, 3.63) is 47.0 Å². The van der Waals surface area contributed by atoms with Crippen molar-refractivity contribution in [2.75, 3.05) is 13.1 Å². The van der Waals surface area contributed by atoms with E-state index in [1.807, 2.05) is 39.8 Å². The summed E-state index contributed by atoms with van der Waals surface area (Å²) in [5, 5.41) is 2.74. The first kappa shape index (κ1) is 37.2. The van der Waals surface area contributed by atoms with Gasteiger partial charge in [-0.05, 0) is 122 Å². The van der Waals surface area contributed by atoms with E-state index in [-0.39, 0.29) is 49.3 Å². The number of carbonyl (C=O) groups is 3. The molecular formula is C38H55BN4O8. The maximum atomic E-state index is 13.9. The van der Waals surface area contributed by atoms with Gasteiger partial charge in [0.25, 0.3) is 5.91 Å². The molecule has 1 aromatic carbocycles. The minimum atomic E-state index is -1.46. The van der Waals surface area contributed by atoms with Crippen LogP contribution >= 0.6 is 0 Å². The first-order chi connectivity index (χ1) is 23.6. The Balaban J connectivity index is 1.14. The van der Waals surface area contributed by atoms with Crippen molar-refractivity contribution in [1.82, 2.24) is 20.2 Å². The average Bonchev–Trinajstić information content (AvgIpc) is 3.64. The number of alkyl carbamates (subject to hydrolysis) is 1. The van der Waals surface area contributed by atoms with Crippen molar-refractivity contribution in [1.29, 1.82) is 0 Å². The first-order valence-electron chi connectivity index (χ1n) is 18.3. The summed E-state index contributed by atoms with van der Waals surface area (Å²) in [5.74, 6) is 0.770. The van der Waals surface area contributed by atoms with Crippen molar-refractivity contribution in [3.8, 4) is 5.75 Å². The van der Waals surface area contributed by atoms with E-state index in [9.17, 15) is 14.4 Å². The molecule has 2 amide bonds. The fourth-order valence-corrected chi connectivity index (χ4v) is 8.48. The second-order valence-corrected chi connectivity index (χ2v) is 17.8. The van der Waals surface area contributed by atoms with Crippen molar-refractivity contribution >= 4 is 25.1 Å². The lowest BCUT2D eigenvalue weighted by atomic mass is 9.43. The van der Waals surface area contributed by atoms with Gasteiger partial charge >= 0.3 is 19.2 Å². The number of ether oxygens (including phenoxy) is 3.